The van der Waals surface area contributed by atoms with Gasteiger partial charge in [0, 0.05) is 16.5 Å². The highest BCUT2D eigenvalue weighted by Gasteiger charge is 2.15. The topological polar surface area (TPSA) is 0 Å². The zero-order valence-corrected chi connectivity index (χ0v) is 10.5. The molecule has 1 radical (unpaired) electrons. The molecule has 2 aromatic carbocycles. The Labute approximate surface area is 110 Å². The maximum atomic E-state index is 6.03. The molecule has 0 nitrogen and oxygen atoms in total. The molecule has 3 rings (SSSR count). The molecule has 0 N–H and O–H groups in total. The Morgan fingerprint density at radius 1 is 0.824 bits per heavy atom. The first-order valence-corrected chi connectivity index (χ1v) is 6.10. The van der Waals surface area contributed by atoms with Gasteiger partial charge in [0.2, 0.25) is 0 Å². The van der Waals surface area contributed by atoms with Crippen LogP contribution in [-0.2, 0) is 0 Å². The van der Waals surface area contributed by atoms with Crippen LogP contribution < -0.4 is 0 Å². The van der Waals surface area contributed by atoms with Crippen LogP contribution in [0.1, 0.15) is 16.7 Å². The molecule has 83 valence electrons. The summed E-state index contributed by atoms with van der Waals surface area (Å²) in [6.07, 6.45) is 4.21. The molecule has 0 unspecified atom stereocenters. The molecule has 0 saturated heterocycles. The predicted molar refractivity (Wildman–Crippen MR) is 73.4 cm³/mol. The lowest BCUT2D eigenvalue weighted by molar-refractivity contribution is 1.52. The number of hydrogen-bond donors (Lipinski definition) is 0. The summed E-state index contributed by atoms with van der Waals surface area (Å²) >= 11 is 12.1. The predicted octanol–water partition coefficient (Wildman–Crippen LogP) is 4.99. The van der Waals surface area contributed by atoms with Crippen molar-refractivity contribution in [1.29, 1.82) is 0 Å². The van der Waals surface area contributed by atoms with Crippen molar-refractivity contribution in [2.45, 2.75) is 0 Å². The minimum atomic E-state index is 0.665. The van der Waals surface area contributed by atoms with Gasteiger partial charge in [0.25, 0.3) is 0 Å². The first-order chi connectivity index (χ1) is 8.24. The highest BCUT2D eigenvalue weighted by Crippen LogP contribution is 2.35. The maximum Gasteiger partial charge on any atom is 0.0426 e. The molecule has 0 amide bonds. The molecular weight excluding hydrogens is 251 g/mol. The molecule has 1 aliphatic rings. The standard InChI is InChI=1S/C15H9Cl2/c16-12-7-11(8-13(17)9-12)15-6-5-10-3-1-2-4-14(10)15/h1-9H. The Balaban J connectivity index is 2.12. The second kappa shape index (κ2) is 4.21. The van der Waals surface area contributed by atoms with Gasteiger partial charge in [-0.25, -0.2) is 0 Å². The van der Waals surface area contributed by atoms with Crippen molar-refractivity contribution < 1.29 is 0 Å². The minimum absolute atomic E-state index is 0.665. The van der Waals surface area contributed by atoms with Crippen LogP contribution in [0.2, 0.25) is 10.0 Å². The first-order valence-electron chi connectivity index (χ1n) is 5.35. The summed E-state index contributed by atoms with van der Waals surface area (Å²) in [5, 5.41) is 1.33. The van der Waals surface area contributed by atoms with Gasteiger partial charge in [0.1, 0.15) is 0 Å². The molecule has 0 saturated carbocycles. The smallest absolute Gasteiger partial charge is 0.0426 e. The van der Waals surface area contributed by atoms with Crippen molar-refractivity contribution in [3.63, 3.8) is 0 Å². The van der Waals surface area contributed by atoms with Crippen LogP contribution in [0.25, 0.3) is 5.57 Å². The second-order valence-corrected chi connectivity index (χ2v) is 4.87. The van der Waals surface area contributed by atoms with Gasteiger partial charge in [-0.3, -0.25) is 0 Å². The van der Waals surface area contributed by atoms with E-state index in [9.17, 15) is 0 Å². The van der Waals surface area contributed by atoms with Crippen molar-refractivity contribution in [1.82, 2.24) is 0 Å². The van der Waals surface area contributed by atoms with E-state index in [1.165, 1.54) is 16.7 Å². The highest BCUT2D eigenvalue weighted by molar-refractivity contribution is 6.35. The van der Waals surface area contributed by atoms with Crippen LogP contribution in [0, 0.1) is 6.42 Å². The third-order valence-corrected chi connectivity index (χ3v) is 3.29. The van der Waals surface area contributed by atoms with E-state index in [-0.39, 0.29) is 0 Å². The number of rotatable bonds is 1. The minimum Gasteiger partial charge on any atom is -0.0843 e. The lowest BCUT2D eigenvalue weighted by Crippen LogP contribution is -1.86. The molecule has 1 aliphatic carbocycles. The Kier molecular flexibility index (Phi) is 2.70. The van der Waals surface area contributed by atoms with Gasteiger partial charge >= 0.3 is 0 Å². The molecule has 0 heterocycles. The van der Waals surface area contributed by atoms with E-state index in [4.69, 9.17) is 23.2 Å². The van der Waals surface area contributed by atoms with E-state index in [0.717, 1.165) is 5.56 Å². The summed E-state index contributed by atoms with van der Waals surface area (Å²) in [6, 6.07) is 13.9. The van der Waals surface area contributed by atoms with Gasteiger partial charge in [-0.1, -0.05) is 53.5 Å². The average Bonchev–Trinajstić information content (AvgIpc) is 2.71. The Bertz CT molecular complexity index is 592. The SMILES string of the molecule is Clc1cc(Cl)cc(C2=C[CH]c3ccccc32)c1. The van der Waals surface area contributed by atoms with E-state index in [1.54, 1.807) is 6.07 Å². The number of benzene rings is 2. The van der Waals surface area contributed by atoms with Crippen LogP contribution in [0.3, 0.4) is 0 Å². The molecule has 0 bridgehead atoms. The zero-order chi connectivity index (χ0) is 11.8. The van der Waals surface area contributed by atoms with Crippen molar-refractivity contribution in [3.05, 3.63) is 81.7 Å². The van der Waals surface area contributed by atoms with Gasteiger partial charge in [-0.05, 0) is 40.5 Å². The summed E-state index contributed by atoms with van der Waals surface area (Å²) in [5.74, 6) is 0. The summed E-state index contributed by atoms with van der Waals surface area (Å²) in [4.78, 5) is 0. The first kappa shape index (κ1) is 10.9. The van der Waals surface area contributed by atoms with Crippen LogP contribution in [0.5, 0.6) is 0 Å². The van der Waals surface area contributed by atoms with E-state index in [2.05, 4.69) is 24.6 Å². The molecule has 0 atom stereocenters. The summed E-state index contributed by atoms with van der Waals surface area (Å²) in [6.45, 7) is 0. The van der Waals surface area contributed by atoms with Crippen LogP contribution in [0.15, 0.2) is 48.5 Å². The molecule has 2 aromatic rings. The van der Waals surface area contributed by atoms with Crippen molar-refractivity contribution in [2.75, 3.05) is 0 Å². The summed E-state index contributed by atoms with van der Waals surface area (Å²) < 4.78 is 0. The molecule has 0 spiro atoms. The van der Waals surface area contributed by atoms with Gasteiger partial charge in [0.15, 0.2) is 0 Å². The van der Waals surface area contributed by atoms with Crippen molar-refractivity contribution in [3.8, 4) is 0 Å². The van der Waals surface area contributed by atoms with E-state index < -0.39 is 0 Å². The summed E-state index contributed by atoms with van der Waals surface area (Å²) in [5.41, 5.74) is 4.69. The fourth-order valence-electron chi connectivity index (χ4n) is 2.11. The second-order valence-electron chi connectivity index (χ2n) is 3.99. The third kappa shape index (κ3) is 1.99. The lowest BCUT2D eigenvalue weighted by Gasteiger charge is -2.07. The van der Waals surface area contributed by atoms with E-state index in [1.807, 2.05) is 24.3 Å². The van der Waals surface area contributed by atoms with E-state index in [0.29, 0.717) is 10.0 Å². The number of halogens is 2. The van der Waals surface area contributed by atoms with Crippen LogP contribution in [0.4, 0.5) is 0 Å². The Morgan fingerprint density at radius 2 is 1.53 bits per heavy atom. The largest absolute Gasteiger partial charge is 0.0843 e. The zero-order valence-electron chi connectivity index (χ0n) is 8.95. The van der Waals surface area contributed by atoms with Crippen molar-refractivity contribution >= 4 is 28.8 Å². The van der Waals surface area contributed by atoms with Crippen LogP contribution >= 0.6 is 23.2 Å². The fraction of sp³-hybridized carbons (Fsp3) is 0. The monoisotopic (exact) mass is 259 g/mol. The molecule has 17 heavy (non-hydrogen) atoms. The molecule has 0 fully saturated rings. The van der Waals surface area contributed by atoms with Gasteiger partial charge < -0.3 is 0 Å². The van der Waals surface area contributed by atoms with E-state index >= 15 is 0 Å². The van der Waals surface area contributed by atoms with Gasteiger partial charge in [-0.2, -0.15) is 0 Å². The van der Waals surface area contributed by atoms with Gasteiger partial charge in [-0.15, -0.1) is 0 Å². The van der Waals surface area contributed by atoms with Crippen molar-refractivity contribution in [2.24, 2.45) is 0 Å². The lowest BCUT2D eigenvalue weighted by atomic mass is 9.99. The molecule has 0 aliphatic heterocycles. The fourth-order valence-corrected chi connectivity index (χ4v) is 2.64. The number of allylic oxidation sites excluding steroid dienone is 1. The summed E-state index contributed by atoms with van der Waals surface area (Å²) in [7, 11) is 0. The molecule has 2 heteroatoms. The molecule has 0 aromatic heterocycles. The highest BCUT2D eigenvalue weighted by atomic mass is 35.5. The molecular formula is C15H9Cl2. The quantitative estimate of drug-likeness (QED) is 0.677. The Morgan fingerprint density at radius 3 is 2.29 bits per heavy atom. The Hall–Kier alpha value is -1.24. The maximum absolute atomic E-state index is 6.03. The van der Waals surface area contributed by atoms with Gasteiger partial charge in [0.05, 0.1) is 0 Å². The number of hydrogen-bond acceptors (Lipinski definition) is 0. The third-order valence-electron chi connectivity index (χ3n) is 2.85. The van der Waals surface area contributed by atoms with Crippen LogP contribution in [-0.4, -0.2) is 0 Å². The number of fused-ring (bicyclic) bond motifs is 1. The normalized spacial score (nSPS) is 13.4. The average molecular weight is 260 g/mol.